The predicted octanol–water partition coefficient (Wildman–Crippen LogP) is 1.54. The number of carbonyl (C=O) groups is 1. The Bertz CT molecular complexity index is 269. The molecule has 3 fully saturated rings. The predicted molar refractivity (Wildman–Crippen MR) is 49.7 cm³/mol. The Morgan fingerprint density at radius 1 is 1.38 bits per heavy atom. The van der Waals surface area contributed by atoms with E-state index in [4.69, 9.17) is 5.73 Å². The molecule has 2 heteroatoms. The summed E-state index contributed by atoms with van der Waals surface area (Å²) in [5.74, 6) is 2.85. The molecule has 0 aromatic carbocycles. The Kier molecular flexibility index (Phi) is 1.27. The van der Waals surface area contributed by atoms with Gasteiger partial charge >= 0.3 is 0 Å². The SMILES string of the molecule is CC1CCC2CC3(CC3C(N)=O)C12. The van der Waals surface area contributed by atoms with Crippen LogP contribution in [0.15, 0.2) is 0 Å². The number of rotatable bonds is 1. The molecule has 3 saturated carbocycles. The molecule has 0 bridgehead atoms. The number of amides is 1. The molecule has 0 heterocycles. The third-order valence-electron chi connectivity index (χ3n) is 4.88. The average Bonchev–Trinajstić information content (AvgIpc) is 2.68. The van der Waals surface area contributed by atoms with Crippen molar-refractivity contribution in [1.82, 2.24) is 0 Å². The molecule has 3 aliphatic rings. The Balaban J connectivity index is 1.80. The van der Waals surface area contributed by atoms with E-state index >= 15 is 0 Å². The van der Waals surface area contributed by atoms with Gasteiger partial charge < -0.3 is 5.73 Å². The maximum atomic E-state index is 11.1. The quantitative estimate of drug-likeness (QED) is 0.652. The van der Waals surface area contributed by atoms with E-state index in [-0.39, 0.29) is 11.8 Å². The van der Waals surface area contributed by atoms with Gasteiger partial charge in [0.1, 0.15) is 0 Å². The Morgan fingerprint density at radius 3 is 2.69 bits per heavy atom. The zero-order valence-corrected chi connectivity index (χ0v) is 8.12. The molecule has 5 atom stereocenters. The zero-order valence-electron chi connectivity index (χ0n) is 8.12. The van der Waals surface area contributed by atoms with Gasteiger partial charge in [0.25, 0.3) is 0 Å². The van der Waals surface area contributed by atoms with Crippen molar-refractivity contribution in [3.63, 3.8) is 0 Å². The van der Waals surface area contributed by atoms with Gasteiger partial charge in [-0.25, -0.2) is 0 Å². The van der Waals surface area contributed by atoms with Crippen molar-refractivity contribution in [1.29, 1.82) is 0 Å². The molecule has 3 rings (SSSR count). The standard InChI is InChI=1S/C11H17NO/c1-6-2-3-7-4-11(9(6)7)5-8(11)10(12)13/h6-9H,2-5H2,1H3,(H2,12,13). The first-order valence-corrected chi connectivity index (χ1v) is 5.44. The highest BCUT2D eigenvalue weighted by Crippen LogP contribution is 2.75. The van der Waals surface area contributed by atoms with Gasteiger partial charge in [-0.3, -0.25) is 4.79 Å². The molecular formula is C11H17NO. The van der Waals surface area contributed by atoms with Gasteiger partial charge in [-0.15, -0.1) is 0 Å². The van der Waals surface area contributed by atoms with E-state index in [1.165, 1.54) is 19.3 Å². The van der Waals surface area contributed by atoms with Crippen molar-refractivity contribution >= 4 is 5.91 Å². The van der Waals surface area contributed by atoms with Crippen LogP contribution in [0.5, 0.6) is 0 Å². The topological polar surface area (TPSA) is 43.1 Å². The molecule has 0 aromatic rings. The maximum absolute atomic E-state index is 11.1. The number of nitrogens with two attached hydrogens (primary N) is 1. The van der Waals surface area contributed by atoms with E-state index in [9.17, 15) is 4.79 Å². The first-order chi connectivity index (χ1) is 6.15. The number of carbonyl (C=O) groups excluding carboxylic acids is 1. The van der Waals surface area contributed by atoms with Gasteiger partial charge in [-0.2, -0.15) is 0 Å². The molecule has 13 heavy (non-hydrogen) atoms. The Hall–Kier alpha value is -0.530. The fourth-order valence-corrected chi connectivity index (χ4v) is 4.33. The van der Waals surface area contributed by atoms with E-state index in [0.717, 1.165) is 24.2 Å². The minimum Gasteiger partial charge on any atom is -0.369 e. The van der Waals surface area contributed by atoms with Gasteiger partial charge in [0.15, 0.2) is 0 Å². The van der Waals surface area contributed by atoms with E-state index in [0.29, 0.717) is 5.41 Å². The van der Waals surface area contributed by atoms with Gasteiger partial charge in [0, 0.05) is 5.92 Å². The maximum Gasteiger partial charge on any atom is 0.221 e. The lowest BCUT2D eigenvalue weighted by molar-refractivity contribution is -0.121. The molecule has 2 nitrogen and oxygen atoms in total. The molecule has 2 N–H and O–H groups in total. The second-order valence-electron chi connectivity index (χ2n) is 5.44. The zero-order chi connectivity index (χ0) is 9.22. The molecule has 1 spiro atoms. The van der Waals surface area contributed by atoms with E-state index in [1.54, 1.807) is 0 Å². The van der Waals surface area contributed by atoms with Gasteiger partial charge in [-0.1, -0.05) is 13.3 Å². The van der Waals surface area contributed by atoms with Crippen molar-refractivity contribution in [3.8, 4) is 0 Å². The summed E-state index contributed by atoms with van der Waals surface area (Å²) in [6.45, 7) is 2.35. The summed E-state index contributed by atoms with van der Waals surface area (Å²) in [5, 5.41) is 0. The lowest BCUT2D eigenvalue weighted by Crippen LogP contribution is -2.40. The molecule has 3 aliphatic carbocycles. The molecule has 0 aliphatic heterocycles. The van der Waals surface area contributed by atoms with Crippen molar-refractivity contribution in [2.75, 3.05) is 0 Å². The van der Waals surface area contributed by atoms with E-state index < -0.39 is 0 Å². The van der Waals surface area contributed by atoms with Crippen LogP contribution < -0.4 is 5.73 Å². The molecule has 72 valence electrons. The fraction of sp³-hybridized carbons (Fsp3) is 0.909. The Labute approximate surface area is 78.9 Å². The smallest absolute Gasteiger partial charge is 0.221 e. The van der Waals surface area contributed by atoms with Crippen LogP contribution in [0.1, 0.15) is 32.6 Å². The Morgan fingerprint density at radius 2 is 2.15 bits per heavy atom. The second-order valence-corrected chi connectivity index (χ2v) is 5.44. The van der Waals surface area contributed by atoms with Crippen LogP contribution in [-0.4, -0.2) is 5.91 Å². The second kappa shape index (κ2) is 2.10. The summed E-state index contributed by atoms with van der Waals surface area (Å²) < 4.78 is 0. The van der Waals surface area contributed by atoms with Gasteiger partial charge in [0.2, 0.25) is 5.91 Å². The molecule has 0 saturated heterocycles. The molecular weight excluding hydrogens is 162 g/mol. The highest BCUT2D eigenvalue weighted by Gasteiger charge is 2.71. The van der Waals surface area contributed by atoms with Gasteiger partial charge in [-0.05, 0) is 42.4 Å². The largest absolute Gasteiger partial charge is 0.369 e. The van der Waals surface area contributed by atoms with Crippen LogP contribution in [0.2, 0.25) is 0 Å². The molecule has 1 amide bonds. The van der Waals surface area contributed by atoms with E-state index in [2.05, 4.69) is 6.92 Å². The monoisotopic (exact) mass is 179 g/mol. The van der Waals surface area contributed by atoms with Crippen molar-refractivity contribution in [3.05, 3.63) is 0 Å². The van der Waals surface area contributed by atoms with Crippen LogP contribution in [0, 0.1) is 29.1 Å². The highest BCUT2D eigenvalue weighted by atomic mass is 16.1. The van der Waals surface area contributed by atoms with Gasteiger partial charge in [0.05, 0.1) is 0 Å². The first kappa shape index (κ1) is 7.84. The average molecular weight is 179 g/mol. The van der Waals surface area contributed by atoms with Crippen LogP contribution >= 0.6 is 0 Å². The lowest BCUT2D eigenvalue weighted by Gasteiger charge is -2.44. The molecule has 0 aromatic heterocycles. The summed E-state index contributed by atoms with van der Waals surface area (Å²) in [4.78, 5) is 11.1. The van der Waals surface area contributed by atoms with Crippen molar-refractivity contribution in [2.24, 2.45) is 34.8 Å². The third kappa shape index (κ3) is 0.773. The lowest BCUT2D eigenvalue weighted by atomic mass is 9.60. The third-order valence-corrected chi connectivity index (χ3v) is 4.88. The number of hydrogen-bond acceptors (Lipinski definition) is 1. The minimum absolute atomic E-state index is 0.0439. The number of fused-ring (bicyclic) bond motifs is 2. The van der Waals surface area contributed by atoms with Crippen LogP contribution in [0.3, 0.4) is 0 Å². The summed E-state index contributed by atoms with van der Waals surface area (Å²) in [6.07, 6.45) is 5.19. The normalized spacial score (nSPS) is 57.3. The van der Waals surface area contributed by atoms with E-state index in [1.807, 2.05) is 0 Å². The van der Waals surface area contributed by atoms with Crippen molar-refractivity contribution < 1.29 is 4.79 Å². The minimum atomic E-state index is -0.0439. The summed E-state index contributed by atoms with van der Waals surface area (Å²) in [7, 11) is 0. The first-order valence-electron chi connectivity index (χ1n) is 5.44. The summed E-state index contributed by atoms with van der Waals surface area (Å²) in [6, 6.07) is 0. The van der Waals surface area contributed by atoms with Crippen LogP contribution in [0.25, 0.3) is 0 Å². The fourth-order valence-electron chi connectivity index (χ4n) is 4.33. The van der Waals surface area contributed by atoms with Crippen LogP contribution in [0.4, 0.5) is 0 Å². The van der Waals surface area contributed by atoms with Crippen molar-refractivity contribution in [2.45, 2.75) is 32.6 Å². The summed E-state index contributed by atoms with van der Waals surface area (Å²) >= 11 is 0. The summed E-state index contributed by atoms with van der Waals surface area (Å²) in [5.41, 5.74) is 5.78. The highest BCUT2D eigenvalue weighted by molar-refractivity contribution is 5.81. The molecule has 5 unspecified atom stereocenters. The number of hydrogen-bond donors (Lipinski definition) is 1. The molecule has 0 radical (unpaired) electrons. The number of primary amides is 1. The van der Waals surface area contributed by atoms with Crippen LogP contribution in [-0.2, 0) is 4.79 Å².